The van der Waals surface area contributed by atoms with Gasteiger partial charge < -0.3 is 9.47 Å². The van der Waals surface area contributed by atoms with Gasteiger partial charge in [0.25, 0.3) is 23.6 Å². The quantitative estimate of drug-likeness (QED) is 0.0462. The number of carbonyl (C=O) groups is 8. The number of imide groups is 4. The average Bonchev–Trinajstić information content (AvgIpc) is 4.25. The molecule has 4 aliphatic rings. The Balaban J connectivity index is 0.000000302. The van der Waals surface area contributed by atoms with E-state index in [1.54, 1.807) is 58.0 Å². The van der Waals surface area contributed by atoms with Crippen molar-refractivity contribution in [1.29, 1.82) is 0 Å². The van der Waals surface area contributed by atoms with E-state index in [0.717, 1.165) is 41.9 Å². The largest absolute Gasteiger partial charge is 0.493 e. The number of nitrogens with zero attached hydrogens (tertiary/aromatic N) is 4. The molecule has 0 N–H and O–H groups in total. The van der Waals surface area contributed by atoms with Crippen molar-refractivity contribution in [3.8, 4) is 11.5 Å². The third kappa shape index (κ3) is 20.8. The third-order valence-electron chi connectivity index (χ3n) is 16.9. The SMILES string of the molecule is CCCCCCCCCCCCCCCCCCOc1cc(N2C(=O)C(C)C(C)C2=O)cc(N2C(=O)C(C)C(C)C2=O)c1.CCCCCCCCCCCCCCCCCCOc1cc(N2C(=O)C=CC2=O)cc(N2C(=O)C=CC2=O)c1. The highest BCUT2D eigenvalue weighted by molar-refractivity contribution is 6.30. The fraction of sp³-hybridized carbons (Fsp3) is 0.647. The second kappa shape index (κ2) is 36.6. The van der Waals surface area contributed by atoms with E-state index in [4.69, 9.17) is 9.47 Å². The zero-order valence-corrected chi connectivity index (χ0v) is 51.0. The summed E-state index contributed by atoms with van der Waals surface area (Å²) < 4.78 is 12.0. The Morgan fingerprint density at radius 2 is 0.476 bits per heavy atom. The maximum absolute atomic E-state index is 12.9. The molecule has 2 aromatic carbocycles. The average molecular weight is 1130 g/mol. The predicted octanol–water partition coefficient (Wildman–Crippen LogP) is 15.8. The Morgan fingerprint density at radius 3 is 0.695 bits per heavy atom. The first-order valence-corrected chi connectivity index (χ1v) is 32.1. The molecule has 0 aliphatic carbocycles. The summed E-state index contributed by atoms with van der Waals surface area (Å²) >= 11 is 0. The lowest BCUT2D eigenvalue weighted by Gasteiger charge is -2.21. The number of unbranched alkanes of at least 4 members (excludes halogenated alkanes) is 30. The number of rotatable bonds is 40. The van der Waals surface area contributed by atoms with Gasteiger partial charge >= 0.3 is 0 Å². The van der Waals surface area contributed by atoms with E-state index in [1.165, 1.54) is 214 Å². The van der Waals surface area contributed by atoms with E-state index in [-0.39, 0.29) is 35.0 Å². The van der Waals surface area contributed by atoms with Crippen LogP contribution in [0.2, 0.25) is 0 Å². The molecule has 4 heterocycles. The summed E-state index contributed by atoms with van der Waals surface area (Å²) in [6.07, 6.45) is 46.3. The molecule has 82 heavy (non-hydrogen) atoms. The predicted molar refractivity (Wildman–Crippen MR) is 328 cm³/mol. The molecule has 6 rings (SSSR count). The maximum atomic E-state index is 12.9. The third-order valence-corrected chi connectivity index (χ3v) is 16.9. The molecular formula is C68H100N4O10. The lowest BCUT2D eigenvalue weighted by atomic mass is 10.00. The van der Waals surface area contributed by atoms with Gasteiger partial charge in [0.1, 0.15) is 11.5 Å². The van der Waals surface area contributed by atoms with Crippen LogP contribution in [0, 0.1) is 23.7 Å². The highest BCUT2D eigenvalue weighted by Crippen LogP contribution is 2.39. The van der Waals surface area contributed by atoms with Gasteiger partial charge in [0, 0.05) is 72.2 Å². The maximum Gasteiger partial charge on any atom is 0.258 e. The lowest BCUT2D eigenvalue weighted by molar-refractivity contribution is -0.123. The van der Waals surface area contributed by atoms with Crippen molar-refractivity contribution in [3.05, 3.63) is 60.7 Å². The molecule has 0 bridgehead atoms. The number of carbonyl (C=O) groups excluding carboxylic acids is 8. The Kier molecular flexibility index (Phi) is 29.9. The van der Waals surface area contributed by atoms with Crippen LogP contribution in [0.5, 0.6) is 11.5 Å². The monoisotopic (exact) mass is 1130 g/mol. The van der Waals surface area contributed by atoms with Gasteiger partial charge in [-0.3, -0.25) is 38.4 Å². The normalized spacial score (nSPS) is 18.8. The molecule has 8 amide bonds. The molecule has 0 aromatic heterocycles. The first-order valence-electron chi connectivity index (χ1n) is 32.1. The van der Waals surface area contributed by atoms with Gasteiger partial charge in [0.15, 0.2) is 0 Å². The molecule has 4 atom stereocenters. The number of hydrogen-bond acceptors (Lipinski definition) is 10. The summed E-state index contributed by atoms with van der Waals surface area (Å²) in [6, 6.07) is 9.60. The molecule has 14 nitrogen and oxygen atoms in total. The summed E-state index contributed by atoms with van der Waals surface area (Å²) in [7, 11) is 0. The van der Waals surface area contributed by atoms with Gasteiger partial charge in [0.05, 0.1) is 36.0 Å². The fourth-order valence-electron chi connectivity index (χ4n) is 11.2. The first-order chi connectivity index (χ1) is 39.7. The van der Waals surface area contributed by atoms with Gasteiger partial charge in [-0.25, -0.2) is 19.6 Å². The van der Waals surface area contributed by atoms with Crippen molar-refractivity contribution in [3.63, 3.8) is 0 Å². The van der Waals surface area contributed by atoms with Crippen LogP contribution in [-0.2, 0) is 38.4 Å². The highest BCUT2D eigenvalue weighted by Gasteiger charge is 2.46. The highest BCUT2D eigenvalue weighted by atomic mass is 16.5. The number of amides is 8. The standard InChI is InChI=1S/C36H56N2O5.C32H44N2O5/c1-6-7-8-9-10-11-12-13-14-15-16-17-18-19-20-21-22-43-32-24-30(37-33(39)26(2)27(3)34(37)40)23-31(25-32)38-35(41)28(4)29(5)36(38)42;1-2-3-4-5-6-7-8-9-10-11-12-13-14-15-16-17-22-39-28-24-26(33-29(35)18-19-30(33)36)23-27(25-28)34-31(37)20-21-32(34)38/h23-29H,6-22H2,1-5H3;18-21,23-25H,2-17,22H2,1H3. The van der Waals surface area contributed by atoms with Crippen molar-refractivity contribution in [1.82, 2.24) is 0 Å². The van der Waals surface area contributed by atoms with E-state index >= 15 is 0 Å². The van der Waals surface area contributed by atoms with Crippen LogP contribution in [-0.4, -0.2) is 60.5 Å². The summed E-state index contributed by atoms with van der Waals surface area (Å²) in [5.41, 5.74) is 1.22. The Labute approximate surface area is 491 Å². The summed E-state index contributed by atoms with van der Waals surface area (Å²) in [4.78, 5) is 105. The van der Waals surface area contributed by atoms with Gasteiger partial charge in [0.2, 0.25) is 23.6 Å². The molecule has 0 radical (unpaired) electrons. The second-order valence-electron chi connectivity index (χ2n) is 23.5. The zero-order chi connectivity index (χ0) is 59.2. The lowest BCUT2D eigenvalue weighted by Crippen LogP contribution is -2.33. The van der Waals surface area contributed by atoms with E-state index in [9.17, 15) is 38.4 Å². The van der Waals surface area contributed by atoms with Crippen LogP contribution >= 0.6 is 0 Å². The van der Waals surface area contributed by atoms with Gasteiger partial charge in [-0.05, 0) is 25.0 Å². The van der Waals surface area contributed by atoms with Crippen LogP contribution < -0.4 is 29.1 Å². The molecule has 14 heteroatoms. The van der Waals surface area contributed by atoms with E-state index < -0.39 is 47.3 Å². The molecular weight excluding hydrogens is 1030 g/mol. The smallest absolute Gasteiger partial charge is 0.258 e. The Hall–Kier alpha value is -5.92. The van der Waals surface area contributed by atoms with Crippen LogP contribution in [0.3, 0.4) is 0 Å². The van der Waals surface area contributed by atoms with Crippen LogP contribution in [0.1, 0.15) is 247 Å². The van der Waals surface area contributed by atoms with Gasteiger partial charge in [-0.2, -0.15) is 0 Å². The van der Waals surface area contributed by atoms with E-state index in [2.05, 4.69) is 13.8 Å². The second-order valence-corrected chi connectivity index (χ2v) is 23.5. The van der Waals surface area contributed by atoms with E-state index in [0.29, 0.717) is 36.1 Å². The molecule has 0 saturated carbocycles. The van der Waals surface area contributed by atoms with Crippen molar-refractivity contribution in [2.45, 2.75) is 247 Å². The topological polar surface area (TPSA) is 168 Å². The molecule has 4 aliphatic heterocycles. The molecule has 2 saturated heterocycles. The minimum Gasteiger partial charge on any atom is -0.493 e. The molecule has 452 valence electrons. The summed E-state index contributed by atoms with van der Waals surface area (Å²) in [5.74, 6) is -3.87. The van der Waals surface area contributed by atoms with Crippen LogP contribution in [0.4, 0.5) is 22.7 Å². The van der Waals surface area contributed by atoms with Crippen molar-refractivity contribution in [2.24, 2.45) is 23.7 Å². The molecule has 4 unspecified atom stereocenters. The summed E-state index contributed by atoms with van der Waals surface area (Å²) in [6.45, 7) is 12.5. The zero-order valence-electron chi connectivity index (χ0n) is 51.0. The fourth-order valence-corrected chi connectivity index (χ4v) is 11.2. The Morgan fingerprint density at radius 1 is 0.280 bits per heavy atom. The van der Waals surface area contributed by atoms with E-state index in [1.807, 2.05) is 0 Å². The van der Waals surface area contributed by atoms with Crippen molar-refractivity contribution < 1.29 is 47.8 Å². The van der Waals surface area contributed by atoms with Crippen LogP contribution in [0.15, 0.2) is 60.7 Å². The molecule has 0 spiro atoms. The minimum atomic E-state index is -0.474. The first kappa shape index (κ1) is 66.9. The molecule has 2 fully saturated rings. The number of ether oxygens (including phenoxy) is 2. The molecule has 2 aromatic rings. The number of anilines is 4. The number of hydrogen-bond donors (Lipinski definition) is 0. The number of benzene rings is 2. The van der Waals surface area contributed by atoms with Crippen molar-refractivity contribution >= 4 is 70.0 Å². The van der Waals surface area contributed by atoms with Gasteiger partial charge in [-0.15, -0.1) is 0 Å². The Bertz CT molecular complexity index is 2270. The van der Waals surface area contributed by atoms with Crippen molar-refractivity contribution in [2.75, 3.05) is 32.8 Å². The van der Waals surface area contributed by atoms with Gasteiger partial charge in [-0.1, -0.05) is 234 Å². The minimum absolute atomic E-state index is 0.266. The van der Waals surface area contributed by atoms with Crippen LogP contribution in [0.25, 0.3) is 0 Å². The summed E-state index contributed by atoms with van der Waals surface area (Å²) in [5, 5.41) is 0.